The van der Waals surface area contributed by atoms with Crippen molar-refractivity contribution in [1.29, 1.82) is 0 Å². The highest BCUT2D eigenvalue weighted by Gasteiger charge is 2.81. The molecule has 22 heteroatoms. The van der Waals surface area contributed by atoms with Crippen LogP contribution in [-0.4, -0.2) is 59.4 Å². The molecule has 0 spiro atoms. The first-order valence-electron chi connectivity index (χ1n) is 6.94. The molecule has 0 aromatic rings. The minimum absolute atomic E-state index is 1.67. The molecule has 34 heavy (non-hydrogen) atoms. The van der Waals surface area contributed by atoms with Gasteiger partial charge in [0.2, 0.25) is 0 Å². The van der Waals surface area contributed by atoms with Crippen molar-refractivity contribution in [2.45, 2.75) is 54.3 Å². The monoisotopic (exact) mass is 560 g/mol. The maximum atomic E-state index is 13.4. The largest absolute Gasteiger partial charge is 0.460 e. The molecule has 0 aliphatic rings. The lowest BCUT2D eigenvalue weighted by atomic mass is 9.86. The Bertz CT molecular complexity index is 804. The van der Waals surface area contributed by atoms with E-state index >= 15 is 0 Å². The maximum Gasteiger partial charge on any atom is 0.460 e. The second kappa shape index (κ2) is 8.02. The third kappa shape index (κ3) is 5.01. The predicted octanol–water partition coefficient (Wildman–Crippen LogP) is 6.89. The second-order valence-electron chi connectivity index (χ2n) is 5.80. The zero-order valence-corrected chi connectivity index (χ0v) is 14.4. The molecule has 0 aliphatic heterocycles. The Balaban J connectivity index is 8.45. The Morgan fingerprint density at radius 1 is 0.412 bits per heavy atom. The lowest BCUT2D eigenvalue weighted by molar-refractivity contribution is -0.369. The molecule has 0 amide bonds. The molecule has 202 valence electrons. The second-order valence-corrected chi connectivity index (χ2v) is 5.80. The number of halogens is 21. The third-order valence-corrected chi connectivity index (χ3v) is 3.45. The van der Waals surface area contributed by atoms with E-state index in [-0.39, 0.29) is 0 Å². The molecule has 0 saturated carbocycles. The molecule has 0 bridgehead atoms. The van der Waals surface area contributed by atoms with Gasteiger partial charge in [-0.25, -0.2) is 0 Å². The molecule has 1 nitrogen and oxygen atoms in total. The zero-order valence-electron chi connectivity index (χ0n) is 14.4. The van der Waals surface area contributed by atoms with Crippen molar-refractivity contribution < 1.29 is 97.3 Å². The number of hydrogen-bond donors (Lipinski definition) is 1. The van der Waals surface area contributed by atoms with E-state index in [4.69, 9.17) is 5.11 Å². The summed E-state index contributed by atoms with van der Waals surface area (Å²) in [6.45, 7) is 0. The molecular formula is C12HF21O. The van der Waals surface area contributed by atoms with Crippen LogP contribution in [0.5, 0.6) is 0 Å². The van der Waals surface area contributed by atoms with Crippen LogP contribution in [0.1, 0.15) is 0 Å². The molecule has 0 rings (SSSR count). The van der Waals surface area contributed by atoms with Crippen LogP contribution in [0.25, 0.3) is 0 Å². The van der Waals surface area contributed by atoms with Crippen molar-refractivity contribution in [2.24, 2.45) is 0 Å². The van der Waals surface area contributed by atoms with E-state index in [0.717, 1.165) is 0 Å². The molecule has 0 aromatic carbocycles. The first kappa shape index (κ1) is 32.0. The van der Waals surface area contributed by atoms with E-state index < -0.39 is 71.1 Å². The molecule has 0 radical (unpaired) electrons. The van der Waals surface area contributed by atoms with E-state index in [1.807, 2.05) is 0 Å². The SMILES string of the molecule is OC(C(=C=C(C(F)(F)F)C(F)(F)C(F)(F)C(F)(F)F)C(F)(F)C(F)(F)F)(C(F)(F)F)C(F)(F)F. The Morgan fingerprint density at radius 3 is 0.941 bits per heavy atom. The van der Waals surface area contributed by atoms with Gasteiger partial charge in [0.15, 0.2) is 5.57 Å². The standard InChI is InChI=1S/C12HF21O/c13-5(14,8(20,21)12(31,32)33)3(7(17,18)19)1-2(6(15,16)11(28,29)30)4(34,9(22,23)24)10(25,26)27/h34H. The fourth-order valence-corrected chi connectivity index (χ4v) is 1.77. The molecule has 0 unspecified atom stereocenters. The summed E-state index contributed by atoms with van der Waals surface area (Å²) < 4.78 is 267. The number of hydrogen-bond acceptors (Lipinski definition) is 1. The highest BCUT2D eigenvalue weighted by atomic mass is 19.4. The van der Waals surface area contributed by atoms with E-state index in [9.17, 15) is 92.2 Å². The summed E-state index contributed by atoms with van der Waals surface area (Å²) >= 11 is 0. The van der Waals surface area contributed by atoms with Crippen molar-refractivity contribution in [2.75, 3.05) is 0 Å². The van der Waals surface area contributed by atoms with E-state index in [1.165, 1.54) is 0 Å². The van der Waals surface area contributed by atoms with Crippen LogP contribution in [0.15, 0.2) is 16.9 Å². The summed E-state index contributed by atoms with van der Waals surface area (Å²) in [6, 6.07) is 0. The number of aliphatic hydroxyl groups is 1. The van der Waals surface area contributed by atoms with E-state index in [2.05, 4.69) is 0 Å². The van der Waals surface area contributed by atoms with Crippen molar-refractivity contribution in [3.8, 4) is 0 Å². The van der Waals surface area contributed by atoms with Crippen LogP contribution in [0, 0.1) is 0 Å². The topological polar surface area (TPSA) is 20.2 Å². The van der Waals surface area contributed by atoms with Gasteiger partial charge >= 0.3 is 48.6 Å². The Hall–Kier alpha value is -1.99. The summed E-state index contributed by atoms with van der Waals surface area (Å²) in [5.41, 5.74) is -20.6. The van der Waals surface area contributed by atoms with Crippen LogP contribution in [0.4, 0.5) is 92.2 Å². The molecule has 0 saturated heterocycles. The van der Waals surface area contributed by atoms with Gasteiger partial charge in [-0.05, 0) is 0 Å². The molecule has 0 atom stereocenters. The summed E-state index contributed by atoms with van der Waals surface area (Å²) in [6.07, 6.45) is -39.5. The number of rotatable bonds is 4. The van der Waals surface area contributed by atoms with Crippen LogP contribution in [0.2, 0.25) is 0 Å². The van der Waals surface area contributed by atoms with Gasteiger partial charge in [0.1, 0.15) is 5.57 Å². The van der Waals surface area contributed by atoms with Gasteiger partial charge in [0, 0.05) is 0 Å². The van der Waals surface area contributed by atoms with Gasteiger partial charge in [-0.2, -0.15) is 92.2 Å². The Labute approximate surface area is 170 Å². The average molecular weight is 560 g/mol. The van der Waals surface area contributed by atoms with Gasteiger partial charge in [-0.1, -0.05) is 5.73 Å². The number of alkyl halides is 21. The lowest BCUT2D eigenvalue weighted by Gasteiger charge is -2.37. The first-order valence-corrected chi connectivity index (χ1v) is 6.94. The fraction of sp³-hybridized carbons (Fsp3) is 0.750. The molecule has 0 aromatic heterocycles. The van der Waals surface area contributed by atoms with Gasteiger partial charge in [-0.3, -0.25) is 0 Å². The van der Waals surface area contributed by atoms with Crippen molar-refractivity contribution in [3.05, 3.63) is 16.9 Å². The van der Waals surface area contributed by atoms with Crippen LogP contribution < -0.4 is 0 Å². The molecule has 0 heterocycles. The Kier molecular flexibility index (Phi) is 7.55. The average Bonchev–Trinajstić information content (AvgIpc) is 2.48. The zero-order chi connectivity index (χ0) is 28.4. The smallest absolute Gasteiger partial charge is 0.369 e. The van der Waals surface area contributed by atoms with Crippen LogP contribution >= 0.6 is 0 Å². The molecule has 0 aliphatic carbocycles. The summed E-state index contributed by atoms with van der Waals surface area (Å²) in [5, 5.41) is 8.62. The Morgan fingerprint density at radius 2 is 0.735 bits per heavy atom. The predicted molar refractivity (Wildman–Crippen MR) is 60.6 cm³/mol. The normalized spacial score (nSPS) is 15.8. The molecule has 0 fully saturated rings. The van der Waals surface area contributed by atoms with Crippen LogP contribution in [-0.2, 0) is 0 Å². The summed E-state index contributed by atoms with van der Waals surface area (Å²) in [4.78, 5) is 0. The highest BCUT2D eigenvalue weighted by Crippen LogP contribution is 2.57. The summed E-state index contributed by atoms with van der Waals surface area (Å²) in [7, 11) is 0. The van der Waals surface area contributed by atoms with Gasteiger partial charge in [-0.15, -0.1) is 0 Å². The van der Waals surface area contributed by atoms with Crippen molar-refractivity contribution in [1.82, 2.24) is 0 Å². The first-order chi connectivity index (χ1) is 14.2. The van der Waals surface area contributed by atoms with E-state index in [0.29, 0.717) is 0 Å². The van der Waals surface area contributed by atoms with Gasteiger partial charge in [0.05, 0.1) is 0 Å². The van der Waals surface area contributed by atoms with E-state index in [1.54, 1.807) is 0 Å². The van der Waals surface area contributed by atoms with Crippen molar-refractivity contribution >= 4 is 0 Å². The minimum atomic E-state index is -8.17. The fourth-order valence-electron chi connectivity index (χ4n) is 1.77. The van der Waals surface area contributed by atoms with Crippen molar-refractivity contribution in [3.63, 3.8) is 0 Å². The highest BCUT2D eigenvalue weighted by molar-refractivity contribution is 5.36. The third-order valence-electron chi connectivity index (χ3n) is 3.45. The summed E-state index contributed by atoms with van der Waals surface area (Å²) in [5.74, 6) is -24.4. The quantitative estimate of drug-likeness (QED) is 0.294. The van der Waals surface area contributed by atoms with Crippen LogP contribution in [0.3, 0.4) is 0 Å². The van der Waals surface area contributed by atoms with Gasteiger partial charge < -0.3 is 5.11 Å². The lowest BCUT2D eigenvalue weighted by Crippen LogP contribution is -2.63. The van der Waals surface area contributed by atoms with Gasteiger partial charge in [0.25, 0.3) is 5.60 Å². The molecule has 1 N–H and O–H groups in total. The minimum Gasteiger partial charge on any atom is -0.369 e. The molecular weight excluding hydrogens is 559 g/mol. The maximum absolute atomic E-state index is 13.4.